The predicted octanol–water partition coefficient (Wildman–Crippen LogP) is 4.95. The second kappa shape index (κ2) is 4.95. The largest absolute Gasteiger partial charge is 0.399 e. The van der Waals surface area contributed by atoms with Crippen molar-refractivity contribution in [3.63, 3.8) is 0 Å². The molecular formula is C17H29N. The molecule has 102 valence electrons. The van der Waals surface area contributed by atoms with Gasteiger partial charge in [-0.2, -0.15) is 0 Å². The summed E-state index contributed by atoms with van der Waals surface area (Å²) in [6.45, 7) is 15.5. The van der Waals surface area contributed by atoms with Crippen molar-refractivity contribution in [2.24, 2.45) is 0 Å². The standard InChI is InChI=1S/C15H23N.C2H6/c1-10-8-11-12(9-13(10)16)15(4,5)7-6-14(11,2)3;1-2/h8-9H,6-7,16H2,1-5H3;1-2H3. The van der Waals surface area contributed by atoms with Gasteiger partial charge in [-0.15, -0.1) is 0 Å². The number of aryl methyl sites for hydroxylation is 1. The summed E-state index contributed by atoms with van der Waals surface area (Å²) in [5, 5.41) is 0. The maximum absolute atomic E-state index is 6.05. The van der Waals surface area contributed by atoms with Gasteiger partial charge in [0.1, 0.15) is 0 Å². The van der Waals surface area contributed by atoms with Gasteiger partial charge in [-0.1, -0.05) is 47.6 Å². The molecule has 0 fully saturated rings. The van der Waals surface area contributed by atoms with E-state index < -0.39 is 0 Å². The third kappa shape index (κ3) is 2.55. The molecule has 1 aliphatic rings. The molecule has 1 nitrogen and oxygen atoms in total. The Balaban J connectivity index is 0.000000771. The lowest BCUT2D eigenvalue weighted by Crippen LogP contribution is -2.34. The van der Waals surface area contributed by atoms with Crippen LogP contribution < -0.4 is 5.73 Å². The first-order valence-electron chi connectivity index (χ1n) is 7.15. The average Bonchev–Trinajstić information content (AvgIpc) is 2.31. The van der Waals surface area contributed by atoms with E-state index in [-0.39, 0.29) is 5.41 Å². The molecule has 18 heavy (non-hydrogen) atoms. The highest BCUT2D eigenvalue weighted by Gasteiger charge is 2.37. The van der Waals surface area contributed by atoms with E-state index in [1.807, 2.05) is 13.8 Å². The third-order valence-corrected chi connectivity index (χ3v) is 4.24. The number of nitrogens with two attached hydrogens (primary N) is 1. The van der Waals surface area contributed by atoms with Gasteiger partial charge in [-0.05, 0) is 53.4 Å². The Labute approximate surface area is 113 Å². The summed E-state index contributed by atoms with van der Waals surface area (Å²) in [4.78, 5) is 0. The number of benzene rings is 1. The van der Waals surface area contributed by atoms with Crippen LogP contribution in [-0.4, -0.2) is 0 Å². The molecule has 1 aromatic rings. The highest BCUT2D eigenvalue weighted by atomic mass is 14.6. The van der Waals surface area contributed by atoms with Crippen LogP contribution >= 0.6 is 0 Å². The highest BCUT2D eigenvalue weighted by Crippen LogP contribution is 2.46. The second-order valence-electron chi connectivity index (χ2n) is 6.52. The Morgan fingerprint density at radius 1 is 0.889 bits per heavy atom. The number of anilines is 1. The van der Waals surface area contributed by atoms with Crippen LogP contribution in [0.25, 0.3) is 0 Å². The molecule has 0 saturated carbocycles. The minimum absolute atomic E-state index is 0.271. The Morgan fingerprint density at radius 3 is 1.72 bits per heavy atom. The minimum atomic E-state index is 0.271. The summed E-state index contributed by atoms with van der Waals surface area (Å²) >= 11 is 0. The molecule has 0 aliphatic heterocycles. The lowest BCUT2D eigenvalue weighted by molar-refractivity contribution is 0.332. The summed E-state index contributed by atoms with van der Waals surface area (Å²) in [6, 6.07) is 4.50. The molecule has 0 bridgehead atoms. The van der Waals surface area contributed by atoms with Crippen LogP contribution in [0.4, 0.5) is 5.69 Å². The van der Waals surface area contributed by atoms with Gasteiger partial charge in [0, 0.05) is 5.69 Å². The number of hydrogen-bond donors (Lipinski definition) is 1. The van der Waals surface area contributed by atoms with Gasteiger partial charge in [0.15, 0.2) is 0 Å². The predicted molar refractivity (Wildman–Crippen MR) is 82.2 cm³/mol. The van der Waals surface area contributed by atoms with Gasteiger partial charge in [-0.3, -0.25) is 0 Å². The zero-order valence-electron chi connectivity index (χ0n) is 13.1. The van der Waals surface area contributed by atoms with E-state index in [2.05, 4.69) is 46.8 Å². The molecule has 0 atom stereocenters. The van der Waals surface area contributed by atoms with E-state index >= 15 is 0 Å². The molecule has 0 aromatic heterocycles. The first kappa shape index (κ1) is 15.1. The van der Waals surface area contributed by atoms with Crippen molar-refractivity contribution in [3.05, 3.63) is 28.8 Å². The first-order chi connectivity index (χ1) is 8.24. The van der Waals surface area contributed by atoms with Crippen molar-refractivity contribution in [3.8, 4) is 0 Å². The monoisotopic (exact) mass is 247 g/mol. The van der Waals surface area contributed by atoms with Crippen LogP contribution in [0, 0.1) is 6.92 Å². The van der Waals surface area contributed by atoms with Crippen LogP contribution in [0.15, 0.2) is 12.1 Å². The molecule has 0 unspecified atom stereocenters. The quantitative estimate of drug-likeness (QED) is 0.645. The van der Waals surface area contributed by atoms with Crippen LogP contribution in [0.3, 0.4) is 0 Å². The van der Waals surface area contributed by atoms with Gasteiger partial charge in [0.05, 0.1) is 0 Å². The average molecular weight is 247 g/mol. The van der Waals surface area contributed by atoms with Crippen molar-refractivity contribution < 1.29 is 0 Å². The Morgan fingerprint density at radius 2 is 1.28 bits per heavy atom. The maximum atomic E-state index is 6.05. The van der Waals surface area contributed by atoms with E-state index in [1.54, 1.807) is 0 Å². The van der Waals surface area contributed by atoms with Crippen molar-refractivity contribution in [1.29, 1.82) is 0 Å². The number of nitrogen functional groups attached to an aromatic ring is 1. The minimum Gasteiger partial charge on any atom is -0.399 e. The molecule has 2 N–H and O–H groups in total. The molecule has 0 heterocycles. The summed E-state index contributed by atoms with van der Waals surface area (Å²) in [6.07, 6.45) is 2.51. The summed E-state index contributed by atoms with van der Waals surface area (Å²) in [7, 11) is 0. The molecule has 0 amide bonds. The fraction of sp³-hybridized carbons (Fsp3) is 0.647. The highest BCUT2D eigenvalue weighted by molar-refractivity contribution is 5.56. The molecule has 0 radical (unpaired) electrons. The number of fused-ring (bicyclic) bond motifs is 1. The van der Waals surface area contributed by atoms with E-state index in [4.69, 9.17) is 5.73 Å². The number of hydrogen-bond acceptors (Lipinski definition) is 1. The van der Waals surface area contributed by atoms with Gasteiger partial charge >= 0.3 is 0 Å². The Hall–Kier alpha value is -0.980. The fourth-order valence-corrected chi connectivity index (χ4v) is 2.74. The van der Waals surface area contributed by atoms with Gasteiger partial charge < -0.3 is 5.73 Å². The van der Waals surface area contributed by atoms with E-state index in [0.717, 1.165) is 5.69 Å². The van der Waals surface area contributed by atoms with Gasteiger partial charge in [0.25, 0.3) is 0 Å². The maximum Gasteiger partial charge on any atom is 0.0346 e. The molecule has 0 saturated heterocycles. The van der Waals surface area contributed by atoms with Crippen molar-refractivity contribution >= 4 is 5.69 Å². The molecular weight excluding hydrogens is 218 g/mol. The lowest BCUT2D eigenvalue weighted by atomic mass is 9.63. The van der Waals surface area contributed by atoms with E-state index in [0.29, 0.717) is 5.41 Å². The molecule has 2 rings (SSSR count). The van der Waals surface area contributed by atoms with Crippen molar-refractivity contribution in [2.45, 2.75) is 72.1 Å². The normalized spacial score (nSPS) is 19.5. The van der Waals surface area contributed by atoms with Gasteiger partial charge in [0.2, 0.25) is 0 Å². The molecule has 1 aliphatic carbocycles. The zero-order chi connectivity index (χ0) is 14.1. The van der Waals surface area contributed by atoms with Crippen LogP contribution in [0.1, 0.15) is 71.1 Å². The topological polar surface area (TPSA) is 26.0 Å². The summed E-state index contributed by atoms with van der Waals surface area (Å²) < 4.78 is 0. The fourth-order valence-electron chi connectivity index (χ4n) is 2.74. The van der Waals surface area contributed by atoms with Crippen LogP contribution in [0.2, 0.25) is 0 Å². The van der Waals surface area contributed by atoms with Crippen molar-refractivity contribution in [2.75, 3.05) is 5.73 Å². The zero-order valence-corrected chi connectivity index (χ0v) is 13.1. The van der Waals surface area contributed by atoms with Crippen LogP contribution in [-0.2, 0) is 10.8 Å². The van der Waals surface area contributed by atoms with Crippen LogP contribution in [0.5, 0.6) is 0 Å². The Bertz CT molecular complexity index is 386. The van der Waals surface area contributed by atoms with Crippen molar-refractivity contribution in [1.82, 2.24) is 0 Å². The second-order valence-corrected chi connectivity index (χ2v) is 6.52. The third-order valence-electron chi connectivity index (χ3n) is 4.24. The molecule has 1 heteroatoms. The molecule has 1 aromatic carbocycles. The van der Waals surface area contributed by atoms with E-state index in [1.165, 1.54) is 29.5 Å². The summed E-state index contributed by atoms with van der Waals surface area (Å²) in [5.74, 6) is 0. The molecule has 0 spiro atoms. The SMILES string of the molecule is CC.Cc1cc2c(cc1N)C(C)(C)CCC2(C)C. The summed E-state index contributed by atoms with van der Waals surface area (Å²) in [5.41, 5.74) is 11.7. The lowest BCUT2D eigenvalue weighted by Gasteiger charge is -2.42. The smallest absolute Gasteiger partial charge is 0.0346 e. The van der Waals surface area contributed by atoms with E-state index in [9.17, 15) is 0 Å². The number of rotatable bonds is 0. The van der Waals surface area contributed by atoms with Gasteiger partial charge in [-0.25, -0.2) is 0 Å². The first-order valence-corrected chi connectivity index (χ1v) is 7.15. The Kier molecular flexibility index (Phi) is 4.15.